The summed E-state index contributed by atoms with van der Waals surface area (Å²) in [6.07, 6.45) is 3.67. The third kappa shape index (κ3) is 2.90. The molecule has 0 aliphatic heterocycles. The van der Waals surface area contributed by atoms with Crippen molar-refractivity contribution in [2.45, 2.75) is 20.8 Å². The fourth-order valence-electron chi connectivity index (χ4n) is 2.82. The van der Waals surface area contributed by atoms with Crippen molar-refractivity contribution in [1.82, 2.24) is 4.98 Å². The first-order chi connectivity index (χ1) is 11.0. The van der Waals surface area contributed by atoms with Crippen LogP contribution in [0, 0.1) is 13.8 Å². The average molecular weight is 305 g/mol. The highest BCUT2D eigenvalue weighted by Gasteiger charge is 2.08. The molecule has 0 saturated heterocycles. The van der Waals surface area contributed by atoms with Crippen LogP contribution in [0.25, 0.3) is 28.1 Å². The van der Waals surface area contributed by atoms with Gasteiger partial charge in [-0.3, -0.25) is 0 Å². The Labute approximate surface area is 135 Å². The second-order valence-electron chi connectivity index (χ2n) is 5.94. The summed E-state index contributed by atoms with van der Waals surface area (Å²) in [4.78, 5) is 14.2. The Morgan fingerprint density at radius 3 is 2.61 bits per heavy atom. The molecule has 0 amide bonds. The summed E-state index contributed by atoms with van der Waals surface area (Å²) in [6.45, 7) is 5.69. The van der Waals surface area contributed by atoms with Gasteiger partial charge in [-0.25, -0.2) is 4.79 Å². The van der Waals surface area contributed by atoms with E-state index in [-0.39, 0.29) is 0 Å². The minimum absolute atomic E-state index is 0.342. The van der Waals surface area contributed by atoms with Gasteiger partial charge in [-0.1, -0.05) is 18.2 Å². The summed E-state index contributed by atoms with van der Waals surface area (Å²) in [6, 6.07) is 12.6. The number of hydrogen-bond donors (Lipinski definition) is 2. The highest BCUT2D eigenvalue weighted by Crippen LogP contribution is 2.29. The van der Waals surface area contributed by atoms with Gasteiger partial charge in [0.05, 0.1) is 0 Å². The van der Waals surface area contributed by atoms with Gasteiger partial charge in [0.25, 0.3) is 0 Å². The first-order valence-corrected chi connectivity index (χ1v) is 7.56. The van der Waals surface area contributed by atoms with Gasteiger partial charge >= 0.3 is 5.97 Å². The maximum atomic E-state index is 11.0. The predicted molar refractivity (Wildman–Crippen MR) is 94.5 cm³/mol. The van der Waals surface area contributed by atoms with Crippen molar-refractivity contribution in [3.05, 3.63) is 64.9 Å². The summed E-state index contributed by atoms with van der Waals surface area (Å²) in [5.41, 5.74) is 6.97. The van der Waals surface area contributed by atoms with Crippen molar-refractivity contribution in [1.29, 1.82) is 0 Å². The number of hydrogen-bond acceptors (Lipinski definition) is 1. The van der Waals surface area contributed by atoms with Crippen molar-refractivity contribution in [3.8, 4) is 11.1 Å². The van der Waals surface area contributed by atoms with E-state index in [1.807, 2.05) is 13.1 Å². The normalized spacial score (nSPS) is 11.9. The van der Waals surface area contributed by atoms with Crippen molar-refractivity contribution >= 4 is 22.9 Å². The standard InChI is InChI=1S/C20H19NO2/c1-12-10-18(13(2)8-17(12)9-14(3)20(22)23)15-4-5-19-16(11-15)6-7-21-19/h4-11,21H,1-3H3,(H,22,23). The number of carbonyl (C=O) groups is 1. The number of aliphatic carboxylic acids is 1. The van der Waals surface area contributed by atoms with E-state index in [0.29, 0.717) is 5.57 Å². The molecule has 2 aromatic carbocycles. The second kappa shape index (κ2) is 5.76. The highest BCUT2D eigenvalue weighted by atomic mass is 16.4. The zero-order valence-corrected chi connectivity index (χ0v) is 13.5. The number of rotatable bonds is 3. The number of benzene rings is 2. The smallest absolute Gasteiger partial charge is 0.331 e. The number of aryl methyl sites for hydroxylation is 2. The number of fused-ring (bicyclic) bond motifs is 1. The lowest BCUT2D eigenvalue weighted by Gasteiger charge is -2.11. The Bertz CT molecular complexity index is 932. The molecule has 3 rings (SSSR count). The molecular weight excluding hydrogens is 286 g/mol. The average Bonchev–Trinajstić information content (AvgIpc) is 2.97. The molecule has 0 fully saturated rings. The monoisotopic (exact) mass is 305 g/mol. The first-order valence-electron chi connectivity index (χ1n) is 7.56. The lowest BCUT2D eigenvalue weighted by Crippen LogP contribution is -1.97. The molecule has 0 saturated carbocycles. The second-order valence-corrected chi connectivity index (χ2v) is 5.94. The maximum absolute atomic E-state index is 11.0. The van der Waals surface area contributed by atoms with Gasteiger partial charge in [0.2, 0.25) is 0 Å². The third-order valence-corrected chi connectivity index (χ3v) is 4.19. The van der Waals surface area contributed by atoms with Crippen LogP contribution in [0.15, 0.2) is 48.2 Å². The number of carboxylic acid groups (broad SMARTS) is 1. The molecule has 0 unspecified atom stereocenters. The zero-order valence-electron chi connectivity index (χ0n) is 13.5. The highest BCUT2D eigenvalue weighted by molar-refractivity contribution is 5.92. The summed E-state index contributed by atoms with van der Waals surface area (Å²) >= 11 is 0. The molecule has 0 radical (unpaired) electrons. The number of nitrogens with one attached hydrogen (secondary N) is 1. The van der Waals surface area contributed by atoms with Gasteiger partial charge in [0.15, 0.2) is 0 Å². The van der Waals surface area contributed by atoms with Crippen LogP contribution < -0.4 is 0 Å². The number of aromatic amines is 1. The van der Waals surface area contributed by atoms with Gasteiger partial charge in [-0.15, -0.1) is 0 Å². The van der Waals surface area contributed by atoms with Crippen LogP contribution in [-0.2, 0) is 4.79 Å². The van der Waals surface area contributed by atoms with Crippen LogP contribution in [0.2, 0.25) is 0 Å². The van der Waals surface area contributed by atoms with Crippen LogP contribution in [0.5, 0.6) is 0 Å². The SMILES string of the molecule is CC(=Cc1cc(C)c(-c2ccc3[nH]ccc3c2)cc1C)C(=O)O. The summed E-state index contributed by atoms with van der Waals surface area (Å²) in [7, 11) is 0. The molecule has 1 aromatic heterocycles. The Kier molecular flexibility index (Phi) is 3.78. The lowest BCUT2D eigenvalue weighted by molar-refractivity contribution is -0.132. The first kappa shape index (κ1) is 15.1. The molecule has 116 valence electrons. The molecule has 0 aliphatic carbocycles. The number of carboxylic acids is 1. The van der Waals surface area contributed by atoms with Crippen LogP contribution in [0.1, 0.15) is 23.6 Å². The van der Waals surface area contributed by atoms with Crippen LogP contribution >= 0.6 is 0 Å². The van der Waals surface area contributed by atoms with Crippen molar-refractivity contribution < 1.29 is 9.90 Å². The molecule has 0 spiro atoms. The van der Waals surface area contributed by atoms with Crippen LogP contribution in [0.4, 0.5) is 0 Å². The molecule has 0 atom stereocenters. The fourth-order valence-corrected chi connectivity index (χ4v) is 2.82. The van der Waals surface area contributed by atoms with Gasteiger partial charge in [-0.2, -0.15) is 0 Å². The topological polar surface area (TPSA) is 53.1 Å². The van der Waals surface area contributed by atoms with Gasteiger partial charge in [0, 0.05) is 17.3 Å². The summed E-state index contributed by atoms with van der Waals surface area (Å²) in [5.74, 6) is -0.885. The molecule has 23 heavy (non-hydrogen) atoms. The van der Waals surface area contributed by atoms with Gasteiger partial charge < -0.3 is 10.1 Å². The molecule has 3 nitrogen and oxygen atoms in total. The maximum Gasteiger partial charge on any atom is 0.331 e. The predicted octanol–water partition coefficient (Wildman–Crippen LogP) is 4.94. The van der Waals surface area contributed by atoms with E-state index in [1.54, 1.807) is 13.0 Å². The molecule has 0 aliphatic rings. The van der Waals surface area contributed by atoms with E-state index in [4.69, 9.17) is 5.11 Å². The Morgan fingerprint density at radius 1 is 1.09 bits per heavy atom. The number of H-pyrrole nitrogens is 1. The van der Waals surface area contributed by atoms with E-state index >= 15 is 0 Å². The van der Waals surface area contributed by atoms with Crippen LogP contribution in [0.3, 0.4) is 0 Å². The summed E-state index contributed by atoms with van der Waals surface area (Å²) in [5, 5.41) is 10.2. The molecule has 3 heteroatoms. The lowest BCUT2D eigenvalue weighted by atomic mass is 9.93. The van der Waals surface area contributed by atoms with Crippen LogP contribution in [-0.4, -0.2) is 16.1 Å². The Balaban J connectivity index is 2.09. The third-order valence-electron chi connectivity index (χ3n) is 4.19. The number of aromatic nitrogens is 1. The minimum Gasteiger partial charge on any atom is -0.478 e. The zero-order chi connectivity index (χ0) is 16.6. The van der Waals surface area contributed by atoms with E-state index in [2.05, 4.69) is 48.3 Å². The Hall–Kier alpha value is -2.81. The minimum atomic E-state index is -0.885. The fraction of sp³-hybridized carbons (Fsp3) is 0.150. The van der Waals surface area contributed by atoms with Gasteiger partial charge in [-0.05, 0) is 78.2 Å². The van der Waals surface area contributed by atoms with E-state index in [1.165, 1.54) is 16.5 Å². The Morgan fingerprint density at radius 2 is 1.87 bits per heavy atom. The quantitative estimate of drug-likeness (QED) is 0.673. The summed E-state index contributed by atoms with van der Waals surface area (Å²) < 4.78 is 0. The van der Waals surface area contributed by atoms with Crippen molar-refractivity contribution in [3.63, 3.8) is 0 Å². The van der Waals surface area contributed by atoms with E-state index < -0.39 is 5.97 Å². The molecule has 2 N–H and O–H groups in total. The van der Waals surface area contributed by atoms with Crippen molar-refractivity contribution in [2.75, 3.05) is 0 Å². The molecular formula is C20H19NO2. The molecule has 1 heterocycles. The van der Waals surface area contributed by atoms with E-state index in [0.717, 1.165) is 22.2 Å². The van der Waals surface area contributed by atoms with Gasteiger partial charge in [0.1, 0.15) is 0 Å². The van der Waals surface area contributed by atoms with Crippen molar-refractivity contribution in [2.24, 2.45) is 0 Å². The molecule has 3 aromatic rings. The molecule has 0 bridgehead atoms. The largest absolute Gasteiger partial charge is 0.478 e. The van der Waals surface area contributed by atoms with E-state index in [9.17, 15) is 4.79 Å².